The van der Waals surface area contributed by atoms with Crippen LogP contribution in [0.2, 0.25) is 0 Å². The highest BCUT2D eigenvalue weighted by Crippen LogP contribution is 2.42. The third-order valence-corrected chi connectivity index (χ3v) is 10.1. The quantitative estimate of drug-likeness (QED) is 0.199. The molecule has 0 saturated carbocycles. The van der Waals surface area contributed by atoms with Crippen LogP contribution in [0.25, 0.3) is 28.0 Å². The van der Waals surface area contributed by atoms with Gasteiger partial charge in [0.15, 0.2) is 6.10 Å². The standard InChI is InChI=1S/C41H52FN3O5/c1-9-31-27(3)35(36(39(46)47-8)50-40(4,5)6)38-44-20-18-41(7,19-21-44)48-22-11-10-13-26(2)49-34-17-16-30(42)24-32(34)28-14-12-15-29(23-28)33-25-45(38)37(31)43-33/h12,14-17,23-26,36H,9-11,13,18-22H2,1-8H3. The maximum absolute atomic E-state index is 14.7. The Morgan fingerprint density at radius 3 is 2.56 bits per heavy atom. The summed E-state index contributed by atoms with van der Waals surface area (Å²) in [7, 11) is 1.41. The van der Waals surface area contributed by atoms with Gasteiger partial charge in [-0.2, -0.15) is 0 Å². The minimum Gasteiger partial charge on any atom is -0.490 e. The van der Waals surface area contributed by atoms with Crippen LogP contribution in [0.4, 0.5) is 10.2 Å². The van der Waals surface area contributed by atoms with Crippen LogP contribution in [-0.4, -0.2) is 59.5 Å². The second-order valence-electron chi connectivity index (χ2n) is 15.1. The number of ether oxygens (including phenoxy) is 4. The molecule has 268 valence electrons. The van der Waals surface area contributed by atoms with Gasteiger partial charge in [-0.25, -0.2) is 14.2 Å². The molecule has 0 amide bonds. The number of pyridine rings is 1. The Labute approximate surface area is 295 Å². The fraction of sp³-hybridized carbons (Fsp3) is 0.512. The zero-order valence-electron chi connectivity index (χ0n) is 30.9. The van der Waals surface area contributed by atoms with Gasteiger partial charge in [-0.3, -0.25) is 4.40 Å². The number of piperidine rings is 1. The van der Waals surface area contributed by atoms with E-state index in [1.807, 2.05) is 39.0 Å². The van der Waals surface area contributed by atoms with E-state index in [1.165, 1.54) is 13.2 Å². The van der Waals surface area contributed by atoms with E-state index in [9.17, 15) is 9.18 Å². The number of esters is 1. The molecule has 6 bridgehead atoms. The highest BCUT2D eigenvalue weighted by Gasteiger charge is 2.38. The van der Waals surface area contributed by atoms with Crippen LogP contribution in [0.3, 0.4) is 0 Å². The fourth-order valence-electron chi connectivity index (χ4n) is 7.41. The Balaban J connectivity index is 1.59. The number of fused-ring (bicyclic) bond motifs is 8. The summed E-state index contributed by atoms with van der Waals surface area (Å²) in [6.07, 6.45) is 6.21. The second-order valence-corrected chi connectivity index (χ2v) is 15.1. The van der Waals surface area contributed by atoms with Gasteiger partial charge in [-0.05, 0) is 121 Å². The van der Waals surface area contributed by atoms with Crippen LogP contribution in [-0.2, 0) is 25.4 Å². The maximum Gasteiger partial charge on any atom is 0.339 e. The summed E-state index contributed by atoms with van der Waals surface area (Å²) in [6.45, 7) is 16.5. The van der Waals surface area contributed by atoms with Crippen LogP contribution in [0.5, 0.6) is 5.75 Å². The number of hydrogen-bond donors (Lipinski definition) is 0. The highest BCUT2D eigenvalue weighted by atomic mass is 19.1. The van der Waals surface area contributed by atoms with Gasteiger partial charge in [-0.15, -0.1) is 0 Å². The van der Waals surface area contributed by atoms with Crippen LogP contribution >= 0.6 is 0 Å². The number of hydrogen-bond acceptors (Lipinski definition) is 7. The van der Waals surface area contributed by atoms with Gasteiger partial charge >= 0.3 is 5.97 Å². The molecule has 9 heteroatoms. The predicted octanol–water partition coefficient (Wildman–Crippen LogP) is 9.03. The summed E-state index contributed by atoms with van der Waals surface area (Å²) < 4.78 is 41.8. The van der Waals surface area contributed by atoms with Crippen molar-refractivity contribution in [2.45, 2.75) is 110 Å². The predicted molar refractivity (Wildman–Crippen MR) is 195 cm³/mol. The number of carbonyl (C=O) groups is 1. The normalized spacial score (nSPS) is 20.7. The first-order valence-corrected chi connectivity index (χ1v) is 18.1. The van der Waals surface area contributed by atoms with E-state index in [2.05, 4.69) is 49.3 Å². The lowest BCUT2D eigenvalue weighted by molar-refractivity contribution is -0.164. The van der Waals surface area contributed by atoms with E-state index in [-0.39, 0.29) is 17.5 Å². The SMILES string of the molecule is CCc1c(C)c(C(OC(C)(C)C)C(=O)OC)c2n3cc(nc13)-c1cccc(c1)-c1cc(F)ccc1OC(C)CCCCOC1(C)CCN2CC1. The van der Waals surface area contributed by atoms with Gasteiger partial charge in [0, 0.05) is 42.6 Å². The van der Waals surface area contributed by atoms with Gasteiger partial charge < -0.3 is 23.8 Å². The number of carbonyl (C=O) groups excluding carboxylic acids is 1. The molecule has 4 aromatic rings. The number of aryl methyl sites for hydroxylation is 1. The monoisotopic (exact) mass is 685 g/mol. The average Bonchev–Trinajstić information content (AvgIpc) is 3.52. The minimum absolute atomic E-state index is 0.0374. The first kappa shape index (κ1) is 35.9. The van der Waals surface area contributed by atoms with Gasteiger partial charge in [0.2, 0.25) is 0 Å². The van der Waals surface area contributed by atoms with Crippen molar-refractivity contribution >= 4 is 17.4 Å². The Morgan fingerprint density at radius 1 is 1.12 bits per heavy atom. The van der Waals surface area contributed by atoms with Crippen molar-refractivity contribution in [2.75, 3.05) is 31.7 Å². The molecule has 2 aromatic heterocycles. The molecule has 1 fully saturated rings. The minimum atomic E-state index is -0.942. The number of anilines is 1. The summed E-state index contributed by atoms with van der Waals surface area (Å²) in [5.74, 6) is 0.779. The van der Waals surface area contributed by atoms with Crippen LogP contribution in [0.15, 0.2) is 48.7 Å². The Hall–Kier alpha value is -3.95. The van der Waals surface area contributed by atoms with Crippen molar-refractivity contribution in [1.82, 2.24) is 9.38 Å². The van der Waals surface area contributed by atoms with Crippen molar-refractivity contribution in [2.24, 2.45) is 0 Å². The van der Waals surface area contributed by atoms with E-state index >= 15 is 0 Å². The lowest BCUT2D eigenvalue weighted by atomic mass is 9.91. The van der Waals surface area contributed by atoms with Crippen molar-refractivity contribution < 1.29 is 28.1 Å². The number of benzene rings is 2. The van der Waals surface area contributed by atoms with Crippen LogP contribution in [0, 0.1) is 12.7 Å². The molecule has 0 aliphatic carbocycles. The van der Waals surface area contributed by atoms with E-state index in [0.717, 1.165) is 90.2 Å². The molecule has 2 unspecified atom stereocenters. The van der Waals surface area contributed by atoms with E-state index in [0.29, 0.717) is 24.3 Å². The second kappa shape index (κ2) is 14.3. The van der Waals surface area contributed by atoms with Gasteiger partial charge in [0.25, 0.3) is 0 Å². The average molecular weight is 686 g/mol. The zero-order valence-corrected chi connectivity index (χ0v) is 30.9. The summed E-state index contributed by atoms with van der Waals surface area (Å²) >= 11 is 0. The van der Waals surface area contributed by atoms with Crippen LogP contribution in [0.1, 0.15) is 96.4 Å². The first-order valence-electron chi connectivity index (χ1n) is 18.1. The van der Waals surface area contributed by atoms with Gasteiger partial charge in [0.05, 0.1) is 30.1 Å². The molecule has 0 N–H and O–H groups in total. The number of halogens is 1. The number of rotatable bonds is 4. The molecule has 3 aliphatic rings. The lowest BCUT2D eigenvalue weighted by Crippen LogP contribution is -2.45. The van der Waals surface area contributed by atoms with E-state index in [4.69, 9.17) is 23.9 Å². The Morgan fingerprint density at radius 2 is 1.86 bits per heavy atom. The Kier molecular flexibility index (Phi) is 10.3. The molecule has 0 spiro atoms. The van der Waals surface area contributed by atoms with Crippen LogP contribution < -0.4 is 9.64 Å². The zero-order chi connectivity index (χ0) is 35.8. The van der Waals surface area contributed by atoms with Gasteiger partial charge in [-0.1, -0.05) is 25.1 Å². The number of nitrogens with zero attached hydrogens (tertiary/aromatic N) is 3. The molecule has 8 nitrogen and oxygen atoms in total. The molecule has 1 saturated heterocycles. The molecule has 5 heterocycles. The van der Waals surface area contributed by atoms with Crippen molar-refractivity contribution in [3.05, 3.63) is 71.2 Å². The topological polar surface area (TPSA) is 74.5 Å². The summed E-state index contributed by atoms with van der Waals surface area (Å²) in [6, 6.07) is 12.8. The number of imidazole rings is 1. The van der Waals surface area contributed by atoms with E-state index in [1.54, 1.807) is 12.1 Å². The summed E-state index contributed by atoms with van der Waals surface area (Å²) in [5.41, 5.74) is 5.99. The fourth-order valence-corrected chi connectivity index (χ4v) is 7.41. The first-order chi connectivity index (χ1) is 23.8. The third-order valence-electron chi connectivity index (χ3n) is 10.1. The maximum atomic E-state index is 14.7. The number of methoxy groups -OCH3 is 1. The van der Waals surface area contributed by atoms with Crippen molar-refractivity contribution in [3.8, 4) is 28.1 Å². The summed E-state index contributed by atoms with van der Waals surface area (Å²) in [4.78, 5) is 21.2. The van der Waals surface area contributed by atoms with Crippen molar-refractivity contribution in [1.29, 1.82) is 0 Å². The van der Waals surface area contributed by atoms with Gasteiger partial charge in [0.1, 0.15) is 23.0 Å². The molecule has 2 aromatic carbocycles. The smallest absolute Gasteiger partial charge is 0.339 e. The third kappa shape index (κ3) is 7.40. The van der Waals surface area contributed by atoms with E-state index < -0.39 is 17.7 Å². The molecule has 7 rings (SSSR count). The Bertz CT molecular complexity index is 1850. The molecule has 3 aliphatic heterocycles. The lowest BCUT2D eigenvalue weighted by Gasteiger charge is -2.42. The molecular weight excluding hydrogens is 633 g/mol. The molecule has 50 heavy (non-hydrogen) atoms. The highest BCUT2D eigenvalue weighted by molar-refractivity contribution is 5.83. The molecule has 0 radical (unpaired) electrons. The largest absolute Gasteiger partial charge is 0.490 e. The number of aromatic nitrogens is 2. The summed E-state index contributed by atoms with van der Waals surface area (Å²) in [5, 5.41) is 0. The molecule has 2 atom stereocenters. The van der Waals surface area contributed by atoms with Crippen molar-refractivity contribution in [3.63, 3.8) is 0 Å². The molecular formula is C41H52FN3O5.